The first kappa shape index (κ1) is 14.3. The van der Waals surface area contributed by atoms with Gasteiger partial charge in [0.05, 0.1) is 0 Å². The van der Waals surface area contributed by atoms with E-state index in [4.69, 9.17) is 5.73 Å². The lowest BCUT2D eigenvalue weighted by Crippen LogP contribution is -2.42. The van der Waals surface area contributed by atoms with Crippen molar-refractivity contribution >= 4 is 5.69 Å². The van der Waals surface area contributed by atoms with Crippen molar-refractivity contribution in [3.8, 4) is 0 Å². The van der Waals surface area contributed by atoms with Crippen molar-refractivity contribution in [3.05, 3.63) is 29.6 Å². The molecule has 2 N–H and O–H groups in total. The molecule has 0 saturated carbocycles. The van der Waals surface area contributed by atoms with Crippen molar-refractivity contribution in [1.82, 2.24) is 4.90 Å². The maximum atomic E-state index is 13.9. The van der Waals surface area contributed by atoms with Gasteiger partial charge in [-0.05, 0) is 58.1 Å². The minimum absolute atomic E-state index is 0.136. The van der Waals surface area contributed by atoms with Gasteiger partial charge in [0.15, 0.2) is 0 Å². The molecule has 1 aromatic rings. The molecule has 4 heteroatoms. The van der Waals surface area contributed by atoms with Gasteiger partial charge >= 0.3 is 0 Å². The Balaban J connectivity index is 2.18. The van der Waals surface area contributed by atoms with Crippen LogP contribution in [0.3, 0.4) is 0 Å². The van der Waals surface area contributed by atoms with Crippen molar-refractivity contribution in [2.45, 2.75) is 25.3 Å². The van der Waals surface area contributed by atoms with Gasteiger partial charge in [0.25, 0.3) is 0 Å². The van der Waals surface area contributed by atoms with Crippen molar-refractivity contribution in [1.29, 1.82) is 0 Å². The molecule has 1 aliphatic heterocycles. The molecule has 0 aromatic heterocycles. The normalized spacial score (nSPS) is 17.7. The van der Waals surface area contributed by atoms with Gasteiger partial charge in [0.1, 0.15) is 5.82 Å². The summed E-state index contributed by atoms with van der Waals surface area (Å²) in [4.78, 5) is 4.58. The van der Waals surface area contributed by atoms with Crippen LogP contribution in [0, 0.1) is 5.82 Å². The van der Waals surface area contributed by atoms with Gasteiger partial charge in [0, 0.05) is 24.3 Å². The average Bonchev–Trinajstić information content (AvgIpc) is 2.41. The average molecular weight is 265 g/mol. The molecule has 0 spiro atoms. The third-order valence-electron chi connectivity index (χ3n) is 4.10. The number of hydrogen-bond acceptors (Lipinski definition) is 3. The molecule has 2 rings (SSSR count). The molecule has 106 valence electrons. The van der Waals surface area contributed by atoms with Crippen LogP contribution in [0.2, 0.25) is 0 Å². The number of likely N-dealkylation sites (tertiary alicyclic amines) is 1. The van der Waals surface area contributed by atoms with E-state index in [1.54, 1.807) is 6.07 Å². The quantitative estimate of drug-likeness (QED) is 0.902. The highest BCUT2D eigenvalue weighted by Crippen LogP contribution is 2.27. The van der Waals surface area contributed by atoms with Gasteiger partial charge in [0.2, 0.25) is 0 Å². The second kappa shape index (κ2) is 6.35. The van der Waals surface area contributed by atoms with Crippen LogP contribution in [-0.4, -0.2) is 44.7 Å². The van der Waals surface area contributed by atoms with Crippen molar-refractivity contribution in [3.63, 3.8) is 0 Å². The molecule has 1 saturated heterocycles. The number of anilines is 1. The van der Waals surface area contributed by atoms with E-state index in [9.17, 15) is 4.39 Å². The Kier molecular flexibility index (Phi) is 4.77. The van der Waals surface area contributed by atoms with Crippen LogP contribution in [0.25, 0.3) is 0 Å². The van der Waals surface area contributed by atoms with Gasteiger partial charge in [-0.15, -0.1) is 0 Å². The van der Waals surface area contributed by atoms with Crippen LogP contribution < -0.4 is 10.6 Å². The highest BCUT2D eigenvalue weighted by Gasteiger charge is 2.22. The van der Waals surface area contributed by atoms with E-state index in [-0.39, 0.29) is 5.82 Å². The lowest BCUT2D eigenvalue weighted by molar-refractivity contribution is 0.252. The summed E-state index contributed by atoms with van der Waals surface area (Å²) in [5.41, 5.74) is 7.36. The van der Waals surface area contributed by atoms with Gasteiger partial charge in [-0.25, -0.2) is 4.39 Å². The van der Waals surface area contributed by atoms with Crippen molar-refractivity contribution in [2.75, 3.05) is 38.6 Å². The van der Waals surface area contributed by atoms with E-state index < -0.39 is 0 Å². The maximum Gasteiger partial charge on any atom is 0.128 e. The Bertz CT molecular complexity index is 414. The molecule has 0 bridgehead atoms. The molecule has 3 nitrogen and oxygen atoms in total. The topological polar surface area (TPSA) is 32.5 Å². The number of nitrogens with two attached hydrogens (primary N) is 1. The van der Waals surface area contributed by atoms with Crippen LogP contribution >= 0.6 is 0 Å². The largest absolute Gasteiger partial charge is 0.371 e. The number of halogens is 1. The highest BCUT2D eigenvalue weighted by atomic mass is 19.1. The number of hydrogen-bond donors (Lipinski definition) is 1. The molecule has 0 unspecified atom stereocenters. The Morgan fingerprint density at radius 3 is 2.68 bits per heavy atom. The first-order chi connectivity index (χ1) is 9.13. The molecule has 1 aromatic carbocycles. The van der Waals surface area contributed by atoms with Crippen molar-refractivity contribution in [2.24, 2.45) is 5.73 Å². The Labute approximate surface area is 115 Å². The van der Waals surface area contributed by atoms with E-state index in [0.717, 1.165) is 37.2 Å². The fourth-order valence-electron chi connectivity index (χ4n) is 2.85. The summed E-state index contributed by atoms with van der Waals surface area (Å²) in [6.07, 6.45) is 2.86. The predicted molar refractivity (Wildman–Crippen MR) is 78.1 cm³/mol. The molecule has 1 heterocycles. The zero-order valence-electron chi connectivity index (χ0n) is 11.9. The third-order valence-corrected chi connectivity index (χ3v) is 4.10. The summed E-state index contributed by atoms with van der Waals surface area (Å²) in [5, 5.41) is 0. The summed E-state index contributed by atoms with van der Waals surface area (Å²) < 4.78 is 13.9. The van der Waals surface area contributed by atoms with E-state index >= 15 is 0 Å². The van der Waals surface area contributed by atoms with E-state index in [1.165, 1.54) is 6.07 Å². The fourth-order valence-corrected chi connectivity index (χ4v) is 2.85. The van der Waals surface area contributed by atoms with E-state index in [1.807, 2.05) is 6.07 Å². The lowest BCUT2D eigenvalue weighted by atomic mass is 10.0. The fraction of sp³-hybridized carbons (Fsp3) is 0.600. The molecule has 0 atom stereocenters. The highest BCUT2D eigenvalue weighted by molar-refractivity contribution is 5.54. The molecular weight excluding hydrogens is 241 g/mol. The molecule has 1 fully saturated rings. The Hall–Kier alpha value is -1.13. The standard InChI is InChI=1S/C15H24FN3/c1-18-10-7-12(8-11-18)19(2)15-5-3-4-14(16)13(15)6-9-17/h3-5,12H,6-11,17H2,1-2H3. The van der Waals surface area contributed by atoms with Crippen LogP contribution in [0.15, 0.2) is 18.2 Å². The lowest BCUT2D eigenvalue weighted by Gasteiger charge is -2.37. The summed E-state index contributed by atoms with van der Waals surface area (Å²) >= 11 is 0. The minimum atomic E-state index is -0.136. The summed E-state index contributed by atoms with van der Waals surface area (Å²) in [6.45, 7) is 2.70. The second-order valence-corrected chi connectivity index (χ2v) is 5.42. The van der Waals surface area contributed by atoms with Crippen LogP contribution in [0.1, 0.15) is 18.4 Å². The summed E-state index contributed by atoms with van der Waals surface area (Å²) in [6, 6.07) is 5.81. The Morgan fingerprint density at radius 1 is 1.37 bits per heavy atom. The summed E-state index contributed by atoms with van der Waals surface area (Å²) in [7, 11) is 4.23. The molecule has 0 radical (unpaired) electrons. The minimum Gasteiger partial charge on any atom is -0.371 e. The predicted octanol–water partition coefficient (Wildman–Crippen LogP) is 1.86. The molecule has 0 aliphatic carbocycles. The van der Waals surface area contributed by atoms with Crippen LogP contribution in [0.5, 0.6) is 0 Å². The zero-order chi connectivity index (χ0) is 13.8. The van der Waals surface area contributed by atoms with Crippen LogP contribution in [-0.2, 0) is 6.42 Å². The number of nitrogens with zero attached hydrogens (tertiary/aromatic N) is 2. The smallest absolute Gasteiger partial charge is 0.128 e. The van der Waals surface area contributed by atoms with Crippen LogP contribution in [0.4, 0.5) is 10.1 Å². The van der Waals surface area contributed by atoms with Gasteiger partial charge < -0.3 is 15.5 Å². The van der Waals surface area contributed by atoms with E-state index in [0.29, 0.717) is 19.0 Å². The van der Waals surface area contributed by atoms with Gasteiger partial charge in [-0.1, -0.05) is 6.07 Å². The first-order valence-electron chi connectivity index (χ1n) is 7.02. The van der Waals surface area contributed by atoms with Crippen molar-refractivity contribution < 1.29 is 4.39 Å². The Morgan fingerprint density at radius 2 is 2.05 bits per heavy atom. The SMILES string of the molecule is CN1CCC(N(C)c2cccc(F)c2CCN)CC1. The monoisotopic (exact) mass is 265 g/mol. The third kappa shape index (κ3) is 3.25. The maximum absolute atomic E-state index is 13.9. The molecular formula is C15H24FN3. The molecule has 1 aliphatic rings. The number of benzene rings is 1. The zero-order valence-corrected chi connectivity index (χ0v) is 11.9. The van der Waals surface area contributed by atoms with E-state index in [2.05, 4.69) is 23.9 Å². The summed E-state index contributed by atoms with van der Waals surface area (Å²) in [5.74, 6) is -0.136. The second-order valence-electron chi connectivity index (χ2n) is 5.42. The number of piperidine rings is 1. The molecule has 0 amide bonds. The first-order valence-corrected chi connectivity index (χ1v) is 7.02. The number of rotatable bonds is 4. The van der Waals surface area contributed by atoms with Gasteiger partial charge in [-0.2, -0.15) is 0 Å². The molecule has 19 heavy (non-hydrogen) atoms. The van der Waals surface area contributed by atoms with Gasteiger partial charge in [-0.3, -0.25) is 0 Å².